The van der Waals surface area contributed by atoms with E-state index >= 15 is 0 Å². The van der Waals surface area contributed by atoms with E-state index in [9.17, 15) is 32.9 Å². The van der Waals surface area contributed by atoms with Crippen molar-refractivity contribution in [3.05, 3.63) is 75.3 Å². The van der Waals surface area contributed by atoms with E-state index in [4.69, 9.17) is 0 Å². The van der Waals surface area contributed by atoms with Crippen LogP contribution in [0.1, 0.15) is 21.5 Å². The number of nitrogens with one attached hydrogen (secondary N) is 1. The van der Waals surface area contributed by atoms with Gasteiger partial charge in [0, 0.05) is 12.1 Å². The van der Waals surface area contributed by atoms with Crippen LogP contribution in [0.2, 0.25) is 0 Å². The molecule has 2 aromatic carbocycles. The Bertz CT molecular complexity index is 820. The lowest BCUT2D eigenvalue weighted by Gasteiger charge is -2.16. The van der Waals surface area contributed by atoms with Crippen molar-refractivity contribution < 1.29 is 27.7 Å². The van der Waals surface area contributed by atoms with Gasteiger partial charge in [-0.1, -0.05) is 24.3 Å². The SMILES string of the molecule is O=CC(Cc1ccc([N+](=O)[O-])cc1)NC(=O)c1ccccc1C(F)(F)F. The summed E-state index contributed by atoms with van der Waals surface area (Å²) in [4.78, 5) is 33.4. The number of hydrogen-bond acceptors (Lipinski definition) is 4. The summed E-state index contributed by atoms with van der Waals surface area (Å²) in [5, 5.41) is 12.8. The van der Waals surface area contributed by atoms with Gasteiger partial charge in [0.2, 0.25) is 0 Å². The number of nitro groups is 1. The Morgan fingerprint density at radius 2 is 1.77 bits per heavy atom. The number of alkyl halides is 3. The number of aldehydes is 1. The molecule has 0 saturated heterocycles. The predicted molar refractivity (Wildman–Crippen MR) is 85.6 cm³/mol. The van der Waals surface area contributed by atoms with E-state index in [1.807, 2.05) is 0 Å². The van der Waals surface area contributed by atoms with Crippen LogP contribution in [0.25, 0.3) is 0 Å². The second kappa shape index (κ2) is 7.77. The van der Waals surface area contributed by atoms with Gasteiger partial charge in [-0.15, -0.1) is 0 Å². The molecule has 2 aromatic rings. The van der Waals surface area contributed by atoms with Gasteiger partial charge in [0.25, 0.3) is 11.6 Å². The Hall–Kier alpha value is -3.23. The number of hydrogen-bond donors (Lipinski definition) is 1. The lowest BCUT2D eigenvalue weighted by molar-refractivity contribution is -0.384. The van der Waals surface area contributed by atoms with Gasteiger partial charge in [0.05, 0.1) is 22.1 Å². The topological polar surface area (TPSA) is 89.3 Å². The van der Waals surface area contributed by atoms with Gasteiger partial charge in [0.1, 0.15) is 6.29 Å². The molecule has 1 unspecified atom stereocenters. The van der Waals surface area contributed by atoms with Crippen LogP contribution in [0.15, 0.2) is 48.5 Å². The van der Waals surface area contributed by atoms with Crippen LogP contribution in [-0.4, -0.2) is 23.2 Å². The van der Waals surface area contributed by atoms with Crippen LogP contribution in [0.4, 0.5) is 18.9 Å². The van der Waals surface area contributed by atoms with E-state index in [1.165, 1.54) is 30.3 Å². The molecular weight excluding hydrogens is 353 g/mol. The summed E-state index contributed by atoms with van der Waals surface area (Å²) in [5.41, 5.74) is -1.32. The highest BCUT2D eigenvalue weighted by atomic mass is 19.4. The van der Waals surface area contributed by atoms with Gasteiger partial charge in [-0.3, -0.25) is 14.9 Å². The number of halogens is 3. The van der Waals surface area contributed by atoms with E-state index in [2.05, 4.69) is 5.32 Å². The Kier molecular flexibility index (Phi) is 5.71. The molecule has 26 heavy (non-hydrogen) atoms. The van der Waals surface area contributed by atoms with Crippen LogP contribution in [0.5, 0.6) is 0 Å². The minimum Gasteiger partial charge on any atom is -0.342 e. The third-order valence-corrected chi connectivity index (χ3v) is 3.56. The van der Waals surface area contributed by atoms with Gasteiger partial charge in [-0.05, 0) is 24.1 Å². The molecule has 0 heterocycles. The minimum absolute atomic E-state index is 0.0125. The van der Waals surface area contributed by atoms with Crippen LogP contribution < -0.4 is 5.32 Å². The Balaban J connectivity index is 2.14. The molecule has 6 nitrogen and oxygen atoms in total. The molecule has 0 aliphatic rings. The van der Waals surface area contributed by atoms with E-state index in [-0.39, 0.29) is 12.1 Å². The predicted octanol–water partition coefficient (Wildman–Crippen LogP) is 3.15. The Morgan fingerprint density at radius 1 is 1.15 bits per heavy atom. The molecule has 0 aliphatic carbocycles. The summed E-state index contributed by atoms with van der Waals surface area (Å²) in [7, 11) is 0. The van der Waals surface area contributed by atoms with Gasteiger partial charge >= 0.3 is 6.18 Å². The lowest BCUT2D eigenvalue weighted by atomic mass is 10.0. The van der Waals surface area contributed by atoms with Gasteiger partial charge < -0.3 is 10.1 Å². The van der Waals surface area contributed by atoms with E-state index < -0.39 is 34.2 Å². The van der Waals surface area contributed by atoms with Gasteiger partial charge in [0.15, 0.2) is 0 Å². The monoisotopic (exact) mass is 366 g/mol. The zero-order chi connectivity index (χ0) is 19.3. The van der Waals surface area contributed by atoms with Gasteiger partial charge in [-0.25, -0.2) is 0 Å². The minimum atomic E-state index is -4.71. The molecule has 0 aromatic heterocycles. The van der Waals surface area contributed by atoms with Crippen molar-refractivity contribution in [3.8, 4) is 0 Å². The Morgan fingerprint density at radius 3 is 2.31 bits per heavy atom. The molecule has 0 fully saturated rings. The molecule has 9 heteroatoms. The number of nitrogens with zero attached hydrogens (tertiary/aromatic N) is 1. The lowest BCUT2D eigenvalue weighted by Crippen LogP contribution is -2.38. The number of carbonyl (C=O) groups excluding carboxylic acids is 2. The summed E-state index contributed by atoms with van der Waals surface area (Å²) in [6.07, 6.45) is -4.32. The smallest absolute Gasteiger partial charge is 0.342 e. The first-order valence-electron chi connectivity index (χ1n) is 7.38. The first-order valence-corrected chi connectivity index (χ1v) is 7.38. The average Bonchev–Trinajstić information content (AvgIpc) is 2.60. The number of rotatable bonds is 6. The quantitative estimate of drug-likeness (QED) is 0.483. The van der Waals surface area contributed by atoms with E-state index in [0.717, 1.165) is 18.2 Å². The molecule has 1 amide bonds. The largest absolute Gasteiger partial charge is 0.417 e. The first-order chi connectivity index (χ1) is 12.2. The highest BCUT2D eigenvalue weighted by Crippen LogP contribution is 2.31. The fourth-order valence-corrected chi connectivity index (χ4v) is 2.32. The van der Waals surface area contributed by atoms with E-state index in [0.29, 0.717) is 11.8 Å². The van der Waals surface area contributed by atoms with Crippen molar-refractivity contribution in [2.75, 3.05) is 0 Å². The maximum atomic E-state index is 13.0. The maximum absolute atomic E-state index is 13.0. The van der Waals surface area contributed by atoms with Crippen molar-refractivity contribution >= 4 is 17.9 Å². The summed E-state index contributed by atoms with van der Waals surface area (Å²) in [6.45, 7) is 0. The van der Waals surface area contributed by atoms with Crippen LogP contribution in [-0.2, 0) is 17.4 Å². The number of nitro benzene ring substituents is 1. The zero-order valence-corrected chi connectivity index (χ0v) is 13.2. The highest BCUT2D eigenvalue weighted by Gasteiger charge is 2.35. The number of amides is 1. The second-order valence-corrected chi connectivity index (χ2v) is 5.39. The molecule has 0 radical (unpaired) electrons. The molecule has 1 N–H and O–H groups in total. The fourth-order valence-electron chi connectivity index (χ4n) is 2.32. The first kappa shape index (κ1) is 19.1. The van der Waals surface area contributed by atoms with Crippen molar-refractivity contribution in [1.29, 1.82) is 0 Å². The van der Waals surface area contributed by atoms with Crippen molar-refractivity contribution in [1.82, 2.24) is 5.32 Å². The van der Waals surface area contributed by atoms with Crippen LogP contribution >= 0.6 is 0 Å². The summed E-state index contributed by atoms with van der Waals surface area (Å²) in [5.74, 6) is -1.03. The fraction of sp³-hybridized carbons (Fsp3) is 0.176. The molecule has 136 valence electrons. The van der Waals surface area contributed by atoms with Crippen LogP contribution in [0.3, 0.4) is 0 Å². The molecule has 0 bridgehead atoms. The third kappa shape index (κ3) is 4.65. The number of benzene rings is 2. The zero-order valence-electron chi connectivity index (χ0n) is 13.2. The Labute approximate surface area is 145 Å². The second-order valence-electron chi connectivity index (χ2n) is 5.39. The van der Waals surface area contributed by atoms with E-state index in [1.54, 1.807) is 0 Å². The highest BCUT2D eigenvalue weighted by molar-refractivity contribution is 5.97. The molecular formula is C17H13F3N2O4. The van der Waals surface area contributed by atoms with Gasteiger partial charge in [-0.2, -0.15) is 13.2 Å². The maximum Gasteiger partial charge on any atom is 0.417 e. The number of carbonyl (C=O) groups is 2. The molecule has 0 aliphatic heterocycles. The third-order valence-electron chi connectivity index (χ3n) is 3.56. The summed E-state index contributed by atoms with van der Waals surface area (Å²) < 4.78 is 38.9. The number of non-ortho nitro benzene ring substituents is 1. The molecule has 0 spiro atoms. The standard InChI is InChI=1S/C17H13F3N2O4/c18-17(19,20)15-4-2-1-3-14(15)16(24)21-12(10-23)9-11-5-7-13(8-6-11)22(25)26/h1-8,10,12H,9H2,(H,21,24). The molecule has 1 atom stereocenters. The van der Waals surface area contributed by atoms with Crippen molar-refractivity contribution in [2.24, 2.45) is 0 Å². The van der Waals surface area contributed by atoms with Crippen molar-refractivity contribution in [2.45, 2.75) is 18.6 Å². The summed E-state index contributed by atoms with van der Waals surface area (Å²) >= 11 is 0. The normalized spacial score (nSPS) is 12.3. The van der Waals surface area contributed by atoms with Crippen molar-refractivity contribution in [3.63, 3.8) is 0 Å². The summed E-state index contributed by atoms with van der Waals surface area (Å²) in [6, 6.07) is 8.45. The molecule has 2 rings (SSSR count). The average molecular weight is 366 g/mol. The molecule has 0 saturated carbocycles. The van der Waals surface area contributed by atoms with Crippen LogP contribution in [0, 0.1) is 10.1 Å².